The maximum absolute atomic E-state index is 14.4. The second kappa shape index (κ2) is 12.1. The van der Waals surface area contributed by atoms with E-state index in [1.54, 1.807) is 0 Å². The van der Waals surface area contributed by atoms with E-state index in [9.17, 15) is 27.1 Å². The van der Waals surface area contributed by atoms with Gasteiger partial charge in [-0.2, -0.15) is 22.0 Å². The Hall–Kier alpha value is -1.37. The molecular formula is C38H55F5O5Si. The van der Waals surface area contributed by atoms with Crippen molar-refractivity contribution in [2.24, 2.45) is 22.7 Å². The third kappa shape index (κ3) is 6.71. The Morgan fingerprint density at radius 2 is 1.55 bits per heavy atom. The summed E-state index contributed by atoms with van der Waals surface area (Å²) < 4.78 is 92.8. The van der Waals surface area contributed by atoms with E-state index < -0.39 is 43.5 Å². The van der Waals surface area contributed by atoms with Gasteiger partial charge in [0.2, 0.25) is 0 Å². The van der Waals surface area contributed by atoms with Crippen molar-refractivity contribution in [2.45, 2.75) is 153 Å². The maximum atomic E-state index is 14.4. The average molecular weight is 715 g/mol. The lowest BCUT2D eigenvalue weighted by Gasteiger charge is -2.57. The van der Waals surface area contributed by atoms with Crippen LogP contribution in [0, 0.1) is 22.7 Å². The van der Waals surface area contributed by atoms with Crippen molar-refractivity contribution < 1.29 is 45.7 Å². The standard InChI is InChI=1S/C38H55F5O5Si/c1-32(2,3)49(7,8)47-20-24-9-11-25(12-10-24)27-19-34(6)28(13-14-30(34)48-38(42,43)37(39,40)41)26-15-17-35(44)21-36(18-16-29(35)31(26)27)45-22-33(4,5)23-46-36/h9-12,26-28,30,44H,13-23H2,1-8H3. The number of hydrogen-bond acceptors (Lipinski definition) is 5. The molecule has 0 aromatic heterocycles. The second-order valence-corrected chi connectivity index (χ2v) is 23.1. The predicted molar refractivity (Wildman–Crippen MR) is 179 cm³/mol. The quantitative estimate of drug-likeness (QED) is 0.181. The number of rotatable bonds is 6. The molecule has 5 aliphatic rings. The number of allylic oxidation sites excluding steroid dienone is 1. The minimum Gasteiger partial charge on any atom is -0.413 e. The summed E-state index contributed by atoms with van der Waals surface area (Å²) in [7, 11) is -1.99. The molecule has 49 heavy (non-hydrogen) atoms. The van der Waals surface area contributed by atoms with Crippen LogP contribution in [0.25, 0.3) is 0 Å². The lowest BCUT2D eigenvalue weighted by Crippen LogP contribution is -2.57. The van der Waals surface area contributed by atoms with E-state index in [1.165, 1.54) is 0 Å². The van der Waals surface area contributed by atoms with Gasteiger partial charge < -0.3 is 23.7 Å². The summed E-state index contributed by atoms with van der Waals surface area (Å²) in [5.41, 5.74) is 1.92. The van der Waals surface area contributed by atoms with Crippen molar-refractivity contribution in [3.05, 3.63) is 46.5 Å². The summed E-state index contributed by atoms with van der Waals surface area (Å²) >= 11 is 0. The minimum atomic E-state index is -5.79. The Kier molecular flexibility index (Phi) is 9.22. The van der Waals surface area contributed by atoms with Gasteiger partial charge in [-0.3, -0.25) is 0 Å². The Labute approximate surface area is 289 Å². The topological polar surface area (TPSA) is 57.2 Å². The van der Waals surface area contributed by atoms with Gasteiger partial charge >= 0.3 is 12.3 Å². The van der Waals surface area contributed by atoms with Crippen LogP contribution >= 0.6 is 0 Å². The highest BCUT2D eigenvalue weighted by Crippen LogP contribution is 2.66. The van der Waals surface area contributed by atoms with Crippen molar-refractivity contribution in [2.75, 3.05) is 13.2 Å². The van der Waals surface area contributed by atoms with Gasteiger partial charge in [-0.25, -0.2) is 0 Å². The molecule has 0 bridgehead atoms. The number of benzene rings is 1. The minimum absolute atomic E-state index is 0.0603. The molecule has 1 saturated heterocycles. The Morgan fingerprint density at radius 3 is 2.14 bits per heavy atom. The molecule has 1 aliphatic heterocycles. The van der Waals surface area contributed by atoms with Crippen LogP contribution in [0.1, 0.15) is 110 Å². The van der Waals surface area contributed by atoms with Gasteiger partial charge in [0.1, 0.15) is 0 Å². The molecule has 1 heterocycles. The molecule has 6 atom stereocenters. The number of halogens is 5. The predicted octanol–water partition coefficient (Wildman–Crippen LogP) is 10.0. The molecule has 4 fully saturated rings. The summed E-state index contributed by atoms with van der Waals surface area (Å²) in [6, 6.07) is 8.17. The molecule has 1 aromatic carbocycles. The van der Waals surface area contributed by atoms with Gasteiger partial charge in [0, 0.05) is 24.2 Å². The maximum Gasteiger partial charge on any atom is 0.482 e. The fourth-order valence-corrected chi connectivity index (χ4v) is 10.2. The fourth-order valence-electron chi connectivity index (χ4n) is 9.27. The summed E-state index contributed by atoms with van der Waals surface area (Å²) in [4.78, 5) is 0. The van der Waals surface area contributed by atoms with Crippen LogP contribution < -0.4 is 0 Å². The first kappa shape index (κ1) is 37.4. The van der Waals surface area contributed by atoms with E-state index in [1.807, 2.05) is 31.2 Å². The molecule has 4 aliphatic carbocycles. The number of aliphatic hydroxyl groups is 1. The van der Waals surface area contributed by atoms with Crippen LogP contribution in [0.4, 0.5) is 22.0 Å². The van der Waals surface area contributed by atoms with Crippen molar-refractivity contribution >= 4 is 8.32 Å². The molecule has 6 rings (SSSR count). The van der Waals surface area contributed by atoms with E-state index in [0.29, 0.717) is 64.8 Å². The molecule has 276 valence electrons. The highest BCUT2D eigenvalue weighted by atomic mass is 28.4. The normalized spacial score (nSPS) is 34.8. The Bertz CT molecular complexity index is 1420. The van der Waals surface area contributed by atoms with Crippen LogP contribution in [0.3, 0.4) is 0 Å². The fraction of sp³-hybridized carbons (Fsp3) is 0.789. The lowest BCUT2D eigenvalue weighted by atomic mass is 9.51. The molecule has 1 N–H and O–H groups in total. The monoisotopic (exact) mass is 714 g/mol. The van der Waals surface area contributed by atoms with Gasteiger partial charge in [-0.1, -0.05) is 71.4 Å². The molecule has 0 radical (unpaired) electrons. The van der Waals surface area contributed by atoms with Crippen LogP contribution in [0.2, 0.25) is 18.1 Å². The zero-order chi connectivity index (χ0) is 36.1. The SMILES string of the molecule is CC1(C)COC2(CCC3=C4C(c5ccc(CO[Si](C)(C)C(C)(C)C)cc5)CC5(C)C(OC(F)(F)C(F)(F)F)CCC5C4CCC3(O)C2)OC1. The van der Waals surface area contributed by atoms with Gasteiger partial charge in [-0.15, -0.1) is 0 Å². The van der Waals surface area contributed by atoms with Crippen molar-refractivity contribution in [3.63, 3.8) is 0 Å². The molecule has 3 saturated carbocycles. The highest BCUT2D eigenvalue weighted by molar-refractivity contribution is 6.74. The summed E-state index contributed by atoms with van der Waals surface area (Å²) in [5.74, 6) is -1.33. The lowest BCUT2D eigenvalue weighted by molar-refractivity contribution is -0.408. The van der Waals surface area contributed by atoms with E-state index in [-0.39, 0.29) is 34.6 Å². The Morgan fingerprint density at radius 1 is 0.918 bits per heavy atom. The van der Waals surface area contributed by atoms with Crippen LogP contribution in [-0.4, -0.2) is 56.4 Å². The molecule has 1 spiro atoms. The van der Waals surface area contributed by atoms with Crippen molar-refractivity contribution in [3.8, 4) is 0 Å². The summed E-state index contributed by atoms with van der Waals surface area (Å²) in [6.45, 7) is 18.6. The van der Waals surface area contributed by atoms with E-state index >= 15 is 0 Å². The second-order valence-electron chi connectivity index (χ2n) is 18.3. The van der Waals surface area contributed by atoms with E-state index in [4.69, 9.17) is 18.6 Å². The zero-order valence-electron chi connectivity index (χ0n) is 30.4. The summed E-state index contributed by atoms with van der Waals surface area (Å²) in [5, 5.41) is 12.5. The Balaban J connectivity index is 1.36. The molecular weight excluding hydrogens is 659 g/mol. The van der Waals surface area contributed by atoms with Gasteiger partial charge in [0.05, 0.1) is 31.5 Å². The van der Waals surface area contributed by atoms with Crippen molar-refractivity contribution in [1.82, 2.24) is 0 Å². The van der Waals surface area contributed by atoms with Gasteiger partial charge in [0.15, 0.2) is 14.1 Å². The van der Waals surface area contributed by atoms with Crippen molar-refractivity contribution in [1.29, 1.82) is 0 Å². The molecule has 11 heteroatoms. The number of hydrogen-bond donors (Lipinski definition) is 1. The van der Waals surface area contributed by atoms with E-state index in [0.717, 1.165) is 22.3 Å². The van der Waals surface area contributed by atoms with Crippen LogP contribution in [-0.2, 0) is 25.2 Å². The number of alkyl halides is 5. The summed E-state index contributed by atoms with van der Waals surface area (Å²) in [6.07, 6.45) is -8.72. The first-order valence-corrected chi connectivity index (χ1v) is 20.9. The number of fused-ring (bicyclic) bond motifs is 4. The zero-order valence-corrected chi connectivity index (χ0v) is 31.4. The van der Waals surface area contributed by atoms with Gasteiger partial charge in [0.25, 0.3) is 0 Å². The third-order valence-corrected chi connectivity index (χ3v) is 17.7. The van der Waals surface area contributed by atoms with Crippen LogP contribution in [0.15, 0.2) is 35.4 Å². The first-order chi connectivity index (χ1) is 22.4. The van der Waals surface area contributed by atoms with Crippen LogP contribution in [0.5, 0.6) is 0 Å². The third-order valence-electron chi connectivity index (χ3n) is 13.2. The molecule has 0 amide bonds. The van der Waals surface area contributed by atoms with E-state index in [2.05, 4.69) is 47.7 Å². The first-order valence-electron chi connectivity index (χ1n) is 18.0. The smallest absolute Gasteiger partial charge is 0.413 e. The molecule has 5 nitrogen and oxygen atoms in total. The highest BCUT2D eigenvalue weighted by Gasteiger charge is 2.66. The molecule has 6 unspecified atom stereocenters. The largest absolute Gasteiger partial charge is 0.482 e. The average Bonchev–Trinajstić information content (AvgIpc) is 3.31. The van der Waals surface area contributed by atoms with Gasteiger partial charge in [-0.05, 0) is 90.6 Å². The number of ether oxygens (including phenoxy) is 3. The molecule has 1 aromatic rings.